The number of aromatic nitrogens is 2. The van der Waals surface area contributed by atoms with Crippen molar-refractivity contribution in [1.82, 2.24) is 10.1 Å². The van der Waals surface area contributed by atoms with Gasteiger partial charge in [-0.15, -0.1) is 0 Å². The Bertz CT molecular complexity index is 356. The minimum absolute atomic E-state index is 0.0686. The van der Waals surface area contributed by atoms with Crippen LogP contribution in [-0.4, -0.2) is 16.3 Å². The molecule has 0 amide bonds. The monoisotopic (exact) mass is 221 g/mol. The van der Waals surface area contributed by atoms with Gasteiger partial charge in [0.15, 0.2) is 5.82 Å². The molecule has 0 saturated heterocycles. The van der Waals surface area contributed by atoms with Crippen LogP contribution in [0.4, 0.5) is 13.2 Å². The van der Waals surface area contributed by atoms with Crippen molar-refractivity contribution in [1.29, 1.82) is 0 Å². The standard InChI is InChI=1S/C8H10F3N3O/c9-8(10,11)2-1-5-13-6(15-14-5)7(12)3-4-7/h1-4,12H2. The van der Waals surface area contributed by atoms with Crippen LogP contribution in [0, 0.1) is 0 Å². The lowest BCUT2D eigenvalue weighted by atomic mass is 10.3. The molecule has 4 nitrogen and oxygen atoms in total. The van der Waals surface area contributed by atoms with Crippen molar-refractivity contribution in [2.24, 2.45) is 5.73 Å². The summed E-state index contributed by atoms with van der Waals surface area (Å²) < 4.78 is 40.5. The molecular formula is C8H10F3N3O. The second kappa shape index (κ2) is 3.19. The van der Waals surface area contributed by atoms with Gasteiger partial charge in [-0.3, -0.25) is 0 Å². The van der Waals surface area contributed by atoms with E-state index in [0.29, 0.717) is 0 Å². The highest BCUT2D eigenvalue weighted by Crippen LogP contribution is 2.41. The number of alkyl halides is 3. The SMILES string of the molecule is NC1(c2nc(CCC(F)(F)F)no2)CC1. The molecule has 0 aromatic carbocycles. The molecule has 1 heterocycles. The summed E-state index contributed by atoms with van der Waals surface area (Å²) in [4.78, 5) is 3.84. The van der Waals surface area contributed by atoms with Gasteiger partial charge >= 0.3 is 6.18 Å². The fourth-order valence-corrected chi connectivity index (χ4v) is 1.16. The Kier molecular flexibility index (Phi) is 2.22. The van der Waals surface area contributed by atoms with E-state index >= 15 is 0 Å². The van der Waals surface area contributed by atoms with E-state index in [2.05, 4.69) is 10.1 Å². The van der Waals surface area contributed by atoms with Gasteiger partial charge in [-0.2, -0.15) is 18.2 Å². The molecule has 1 aliphatic rings. The van der Waals surface area contributed by atoms with Crippen molar-refractivity contribution >= 4 is 0 Å². The first-order valence-electron chi connectivity index (χ1n) is 4.58. The average molecular weight is 221 g/mol. The predicted octanol–water partition coefficient (Wildman–Crippen LogP) is 1.51. The Balaban J connectivity index is 1.96. The van der Waals surface area contributed by atoms with Gasteiger partial charge < -0.3 is 10.3 Å². The largest absolute Gasteiger partial charge is 0.389 e. The Labute approximate surface area is 83.6 Å². The van der Waals surface area contributed by atoms with Gasteiger partial charge in [0.05, 0.1) is 12.0 Å². The predicted molar refractivity (Wildman–Crippen MR) is 43.8 cm³/mol. The zero-order chi connectivity index (χ0) is 11.1. The third-order valence-electron chi connectivity index (χ3n) is 2.31. The molecule has 84 valence electrons. The van der Waals surface area contributed by atoms with Crippen molar-refractivity contribution in [3.8, 4) is 0 Å². The number of rotatable bonds is 3. The van der Waals surface area contributed by atoms with E-state index in [1.54, 1.807) is 0 Å². The van der Waals surface area contributed by atoms with Gasteiger partial charge in [0.25, 0.3) is 0 Å². The van der Waals surface area contributed by atoms with Crippen LogP contribution in [0.25, 0.3) is 0 Å². The molecule has 1 saturated carbocycles. The van der Waals surface area contributed by atoms with Gasteiger partial charge in [-0.1, -0.05) is 5.16 Å². The third-order valence-corrected chi connectivity index (χ3v) is 2.31. The fourth-order valence-electron chi connectivity index (χ4n) is 1.16. The lowest BCUT2D eigenvalue weighted by Gasteiger charge is -2.02. The lowest BCUT2D eigenvalue weighted by Crippen LogP contribution is -2.19. The molecule has 0 bridgehead atoms. The number of nitrogens with zero attached hydrogens (tertiary/aromatic N) is 2. The summed E-state index contributed by atoms with van der Waals surface area (Å²) in [5.74, 6) is 0.318. The van der Waals surface area contributed by atoms with Crippen molar-refractivity contribution in [3.05, 3.63) is 11.7 Å². The molecule has 1 aromatic heterocycles. The minimum atomic E-state index is -4.19. The van der Waals surface area contributed by atoms with Crippen LogP contribution in [0.1, 0.15) is 31.0 Å². The molecule has 0 aliphatic heterocycles. The lowest BCUT2D eigenvalue weighted by molar-refractivity contribution is -0.134. The maximum atomic E-state index is 11.9. The minimum Gasteiger partial charge on any atom is -0.337 e. The quantitative estimate of drug-likeness (QED) is 0.840. The van der Waals surface area contributed by atoms with E-state index in [1.807, 2.05) is 0 Å². The van der Waals surface area contributed by atoms with Crippen LogP contribution in [0.15, 0.2) is 4.52 Å². The molecule has 0 unspecified atom stereocenters. The van der Waals surface area contributed by atoms with Crippen LogP contribution in [-0.2, 0) is 12.0 Å². The van der Waals surface area contributed by atoms with E-state index in [1.165, 1.54) is 0 Å². The normalized spacial score (nSPS) is 19.2. The maximum Gasteiger partial charge on any atom is 0.389 e. The van der Waals surface area contributed by atoms with Gasteiger partial charge in [0, 0.05) is 6.42 Å². The molecule has 0 spiro atoms. The van der Waals surface area contributed by atoms with Crippen LogP contribution < -0.4 is 5.73 Å². The summed E-state index contributed by atoms with van der Waals surface area (Å²) in [5.41, 5.74) is 5.16. The fraction of sp³-hybridized carbons (Fsp3) is 0.750. The molecule has 2 rings (SSSR count). The van der Waals surface area contributed by atoms with Crippen molar-refractivity contribution in [2.75, 3.05) is 0 Å². The molecule has 1 fully saturated rings. The Morgan fingerprint density at radius 1 is 1.40 bits per heavy atom. The zero-order valence-electron chi connectivity index (χ0n) is 7.84. The summed E-state index contributed by atoms with van der Waals surface area (Å²) in [5, 5.41) is 3.46. The summed E-state index contributed by atoms with van der Waals surface area (Å²) in [6, 6.07) is 0. The molecule has 0 atom stereocenters. The Morgan fingerprint density at radius 3 is 2.60 bits per heavy atom. The Morgan fingerprint density at radius 2 is 2.07 bits per heavy atom. The summed E-state index contributed by atoms with van der Waals surface area (Å²) >= 11 is 0. The Hall–Kier alpha value is -1.11. The molecular weight excluding hydrogens is 211 g/mol. The van der Waals surface area contributed by atoms with E-state index in [4.69, 9.17) is 10.3 Å². The molecule has 7 heteroatoms. The highest BCUT2D eigenvalue weighted by molar-refractivity contribution is 5.11. The zero-order valence-corrected chi connectivity index (χ0v) is 7.84. The first kappa shape index (κ1) is 10.4. The van der Waals surface area contributed by atoms with Crippen LogP contribution in [0.3, 0.4) is 0 Å². The van der Waals surface area contributed by atoms with Gasteiger partial charge in [0.1, 0.15) is 0 Å². The molecule has 0 radical (unpaired) electrons. The summed E-state index contributed by atoms with van der Waals surface area (Å²) in [6.07, 6.45) is -3.91. The number of halogens is 3. The van der Waals surface area contributed by atoms with E-state index < -0.39 is 18.1 Å². The van der Waals surface area contributed by atoms with E-state index in [0.717, 1.165) is 12.8 Å². The molecule has 15 heavy (non-hydrogen) atoms. The first-order valence-corrected chi connectivity index (χ1v) is 4.58. The van der Waals surface area contributed by atoms with Crippen molar-refractivity contribution < 1.29 is 17.7 Å². The first-order chi connectivity index (χ1) is 6.89. The van der Waals surface area contributed by atoms with Gasteiger partial charge in [-0.05, 0) is 12.8 Å². The highest BCUT2D eigenvalue weighted by atomic mass is 19.4. The number of aryl methyl sites for hydroxylation is 1. The number of hydrogen-bond acceptors (Lipinski definition) is 4. The van der Waals surface area contributed by atoms with E-state index in [9.17, 15) is 13.2 Å². The highest BCUT2D eigenvalue weighted by Gasteiger charge is 2.45. The van der Waals surface area contributed by atoms with Crippen molar-refractivity contribution in [2.45, 2.75) is 37.4 Å². The maximum absolute atomic E-state index is 11.9. The van der Waals surface area contributed by atoms with Crippen LogP contribution in [0.5, 0.6) is 0 Å². The number of hydrogen-bond donors (Lipinski definition) is 1. The second-order valence-corrected chi connectivity index (χ2v) is 3.79. The van der Waals surface area contributed by atoms with E-state index in [-0.39, 0.29) is 18.1 Å². The second-order valence-electron chi connectivity index (χ2n) is 3.79. The molecule has 2 N–H and O–H groups in total. The smallest absolute Gasteiger partial charge is 0.337 e. The van der Waals surface area contributed by atoms with Gasteiger partial charge in [-0.25, -0.2) is 0 Å². The molecule has 1 aromatic rings. The summed E-state index contributed by atoms with van der Waals surface area (Å²) in [6.45, 7) is 0. The average Bonchev–Trinajstić information content (AvgIpc) is 2.70. The number of nitrogens with two attached hydrogens (primary N) is 1. The topological polar surface area (TPSA) is 64.9 Å². The third kappa shape index (κ3) is 2.47. The van der Waals surface area contributed by atoms with Crippen LogP contribution in [0.2, 0.25) is 0 Å². The molecule has 1 aliphatic carbocycles. The summed E-state index contributed by atoms with van der Waals surface area (Å²) in [7, 11) is 0. The van der Waals surface area contributed by atoms with Crippen molar-refractivity contribution in [3.63, 3.8) is 0 Å². The van der Waals surface area contributed by atoms with Gasteiger partial charge in [0.2, 0.25) is 5.89 Å². The van der Waals surface area contributed by atoms with Crippen LogP contribution >= 0.6 is 0 Å².